The highest BCUT2D eigenvalue weighted by Gasteiger charge is 2.36. The van der Waals surface area contributed by atoms with Crippen molar-refractivity contribution in [1.29, 1.82) is 0 Å². The molecule has 0 saturated heterocycles. The highest BCUT2D eigenvalue weighted by Crippen LogP contribution is 2.23. The smallest absolute Gasteiger partial charge is 0.306 e. The Kier molecular flexibility index (Phi) is 5.95. The van der Waals surface area contributed by atoms with Crippen LogP contribution in [0.25, 0.3) is 0 Å². The van der Waals surface area contributed by atoms with Crippen molar-refractivity contribution in [3.05, 3.63) is 10.1 Å². The molecule has 94 valence electrons. The molecular weight excluding hydrogens is 212 g/mol. The summed E-state index contributed by atoms with van der Waals surface area (Å²) >= 11 is 0. The molecule has 0 aromatic heterocycles. The van der Waals surface area contributed by atoms with Crippen molar-refractivity contribution in [2.75, 3.05) is 13.6 Å². The Hall–Kier alpha value is -1.17. The molecule has 0 aromatic rings. The maximum Gasteiger partial charge on any atom is 0.306 e. The zero-order valence-corrected chi connectivity index (χ0v) is 10.0. The SMILES string of the molecule is CNCCC[C@@H](CC(C)(C)[N+](=O)[O-])C(=O)O. The van der Waals surface area contributed by atoms with Gasteiger partial charge in [0.05, 0.1) is 5.92 Å². The van der Waals surface area contributed by atoms with Crippen molar-refractivity contribution < 1.29 is 14.8 Å². The molecule has 0 heterocycles. The average Bonchev–Trinajstić information content (AvgIpc) is 2.16. The average molecular weight is 232 g/mol. The summed E-state index contributed by atoms with van der Waals surface area (Å²) in [5.74, 6) is -1.60. The highest BCUT2D eigenvalue weighted by atomic mass is 16.6. The first-order valence-electron chi connectivity index (χ1n) is 5.33. The Labute approximate surface area is 95.2 Å². The van der Waals surface area contributed by atoms with E-state index in [1.807, 2.05) is 0 Å². The molecule has 16 heavy (non-hydrogen) atoms. The minimum atomic E-state index is -1.18. The topological polar surface area (TPSA) is 92.5 Å². The van der Waals surface area contributed by atoms with Crippen molar-refractivity contribution in [1.82, 2.24) is 5.32 Å². The normalized spacial score (nSPS) is 13.4. The second-order valence-corrected chi connectivity index (χ2v) is 4.55. The van der Waals surface area contributed by atoms with Crippen LogP contribution >= 0.6 is 0 Å². The molecule has 6 nitrogen and oxygen atoms in total. The van der Waals surface area contributed by atoms with E-state index in [4.69, 9.17) is 5.11 Å². The Morgan fingerprint density at radius 2 is 2.12 bits per heavy atom. The summed E-state index contributed by atoms with van der Waals surface area (Å²) < 4.78 is 0. The van der Waals surface area contributed by atoms with Gasteiger partial charge < -0.3 is 10.4 Å². The Bertz CT molecular complexity index is 253. The fourth-order valence-electron chi connectivity index (χ4n) is 1.52. The first kappa shape index (κ1) is 14.8. The summed E-state index contributed by atoms with van der Waals surface area (Å²) in [4.78, 5) is 21.2. The number of nitrogens with zero attached hydrogens (tertiary/aromatic N) is 1. The third kappa shape index (κ3) is 5.06. The van der Waals surface area contributed by atoms with E-state index in [1.165, 1.54) is 13.8 Å². The Morgan fingerprint density at radius 3 is 2.50 bits per heavy atom. The molecule has 0 aromatic carbocycles. The monoisotopic (exact) mass is 232 g/mol. The van der Waals surface area contributed by atoms with Gasteiger partial charge in [-0.05, 0) is 26.4 Å². The van der Waals surface area contributed by atoms with Crippen LogP contribution in [0.1, 0.15) is 33.1 Å². The third-order valence-corrected chi connectivity index (χ3v) is 2.57. The van der Waals surface area contributed by atoms with Crippen LogP contribution in [0.4, 0.5) is 0 Å². The van der Waals surface area contributed by atoms with Crippen LogP contribution < -0.4 is 5.32 Å². The number of hydrogen-bond donors (Lipinski definition) is 2. The van der Waals surface area contributed by atoms with Gasteiger partial charge in [-0.25, -0.2) is 0 Å². The summed E-state index contributed by atoms with van der Waals surface area (Å²) in [6, 6.07) is 0. The molecule has 0 amide bonds. The number of carboxylic acids is 1. The van der Waals surface area contributed by atoms with Gasteiger partial charge in [-0.1, -0.05) is 0 Å². The lowest BCUT2D eigenvalue weighted by Crippen LogP contribution is -2.35. The molecular formula is C10H20N2O4. The van der Waals surface area contributed by atoms with E-state index in [0.717, 1.165) is 6.54 Å². The lowest BCUT2D eigenvalue weighted by Gasteiger charge is -2.20. The quantitative estimate of drug-likeness (QED) is 0.372. The maximum atomic E-state index is 11.0. The van der Waals surface area contributed by atoms with Gasteiger partial charge in [0.2, 0.25) is 5.54 Å². The Balaban J connectivity index is 4.33. The van der Waals surface area contributed by atoms with Crippen molar-refractivity contribution in [2.24, 2.45) is 5.92 Å². The van der Waals surface area contributed by atoms with Crippen LogP contribution in [0.5, 0.6) is 0 Å². The molecule has 0 fully saturated rings. The standard InChI is InChI=1S/C10H20N2O4/c1-10(2,12(15)16)7-8(9(13)14)5-4-6-11-3/h8,11H,4-7H2,1-3H3,(H,13,14)/t8-/m0/s1. The first-order chi connectivity index (χ1) is 7.31. The van der Waals surface area contributed by atoms with Gasteiger partial charge in [-0.15, -0.1) is 0 Å². The van der Waals surface area contributed by atoms with E-state index >= 15 is 0 Å². The van der Waals surface area contributed by atoms with Crippen molar-refractivity contribution in [3.8, 4) is 0 Å². The van der Waals surface area contributed by atoms with Crippen LogP contribution in [0, 0.1) is 16.0 Å². The fraction of sp³-hybridized carbons (Fsp3) is 0.900. The predicted octanol–water partition coefficient (Wildman–Crippen LogP) is 1.13. The molecule has 1 atom stereocenters. The van der Waals surface area contributed by atoms with Crippen LogP contribution in [0.15, 0.2) is 0 Å². The van der Waals surface area contributed by atoms with E-state index < -0.39 is 22.3 Å². The van der Waals surface area contributed by atoms with Gasteiger partial charge in [0, 0.05) is 25.2 Å². The zero-order chi connectivity index (χ0) is 12.8. The summed E-state index contributed by atoms with van der Waals surface area (Å²) in [5, 5.41) is 22.6. The van der Waals surface area contributed by atoms with Crippen LogP contribution in [0.3, 0.4) is 0 Å². The van der Waals surface area contributed by atoms with Crippen molar-refractivity contribution in [2.45, 2.75) is 38.6 Å². The minimum Gasteiger partial charge on any atom is -0.481 e. The van der Waals surface area contributed by atoms with Crippen molar-refractivity contribution in [3.63, 3.8) is 0 Å². The van der Waals surface area contributed by atoms with Gasteiger partial charge in [0.25, 0.3) is 0 Å². The summed E-state index contributed by atoms with van der Waals surface area (Å²) in [7, 11) is 1.79. The molecule has 0 rings (SSSR count). The lowest BCUT2D eigenvalue weighted by molar-refractivity contribution is -0.562. The molecule has 0 spiro atoms. The molecule has 0 aliphatic heterocycles. The number of nitro groups is 1. The molecule has 0 saturated carbocycles. The second kappa shape index (κ2) is 6.42. The molecule has 0 aliphatic carbocycles. The number of carbonyl (C=O) groups is 1. The van der Waals surface area contributed by atoms with E-state index in [0.29, 0.717) is 12.8 Å². The summed E-state index contributed by atoms with van der Waals surface area (Å²) in [6.45, 7) is 3.64. The van der Waals surface area contributed by atoms with E-state index in [-0.39, 0.29) is 6.42 Å². The van der Waals surface area contributed by atoms with Gasteiger partial charge in [0.1, 0.15) is 0 Å². The van der Waals surface area contributed by atoms with Crippen molar-refractivity contribution >= 4 is 5.97 Å². The molecule has 0 bridgehead atoms. The highest BCUT2D eigenvalue weighted by molar-refractivity contribution is 5.70. The summed E-state index contributed by atoms with van der Waals surface area (Å²) in [6.07, 6.45) is 1.24. The van der Waals surface area contributed by atoms with E-state index in [1.54, 1.807) is 7.05 Å². The van der Waals surface area contributed by atoms with E-state index in [9.17, 15) is 14.9 Å². The zero-order valence-electron chi connectivity index (χ0n) is 10.0. The summed E-state index contributed by atoms with van der Waals surface area (Å²) in [5.41, 5.74) is -1.18. The molecule has 2 N–H and O–H groups in total. The van der Waals surface area contributed by atoms with E-state index in [2.05, 4.69) is 5.32 Å². The van der Waals surface area contributed by atoms with Crippen LogP contribution in [-0.4, -0.2) is 35.1 Å². The largest absolute Gasteiger partial charge is 0.481 e. The van der Waals surface area contributed by atoms with Crippen LogP contribution in [-0.2, 0) is 4.79 Å². The van der Waals surface area contributed by atoms with Crippen LogP contribution in [0.2, 0.25) is 0 Å². The van der Waals surface area contributed by atoms with Gasteiger partial charge in [0.15, 0.2) is 0 Å². The molecule has 0 radical (unpaired) electrons. The second-order valence-electron chi connectivity index (χ2n) is 4.55. The van der Waals surface area contributed by atoms with Gasteiger partial charge in [-0.3, -0.25) is 14.9 Å². The molecule has 0 unspecified atom stereocenters. The number of aliphatic carboxylic acids is 1. The Morgan fingerprint density at radius 1 is 1.56 bits per heavy atom. The predicted molar refractivity (Wildman–Crippen MR) is 60.0 cm³/mol. The number of rotatable bonds is 8. The third-order valence-electron chi connectivity index (χ3n) is 2.57. The van der Waals surface area contributed by atoms with Gasteiger partial charge in [-0.2, -0.15) is 0 Å². The maximum absolute atomic E-state index is 11.0. The minimum absolute atomic E-state index is 0.0685. The molecule has 0 aliphatic rings. The molecule has 6 heteroatoms. The fourth-order valence-corrected chi connectivity index (χ4v) is 1.52. The first-order valence-corrected chi connectivity index (χ1v) is 5.33. The van der Waals surface area contributed by atoms with Gasteiger partial charge >= 0.3 is 5.97 Å². The lowest BCUT2D eigenvalue weighted by atomic mass is 9.88. The number of carboxylic acid groups (broad SMARTS) is 1. The number of hydrogen-bond acceptors (Lipinski definition) is 4. The number of nitrogens with one attached hydrogen (secondary N) is 1.